The molecule has 0 saturated carbocycles. The molecule has 2 heterocycles. The van der Waals surface area contributed by atoms with Gasteiger partial charge in [0.1, 0.15) is 6.04 Å². The Hall–Kier alpha value is -4.32. The first kappa shape index (κ1) is 21.9. The van der Waals surface area contributed by atoms with Crippen molar-refractivity contribution < 1.29 is 27.2 Å². The standard InChI is InChI=1S/C24H15F3N3O3/c1-14-20(22(31)19-6-3-11-33-19)21(16-9-7-15(13-28)8-10-16)29-23(32)30(14)18-5-2-4-17(12-18)24(25,26)27/h2-12,21H,1H3. The summed E-state index contributed by atoms with van der Waals surface area (Å²) in [5.41, 5.74) is 0.0518. The van der Waals surface area contributed by atoms with E-state index in [1.807, 2.05) is 6.07 Å². The zero-order chi connectivity index (χ0) is 23.8. The van der Waals surface area contributed by atoms with Gasteiger partial charge < -0.3 is 4.42 Å². The molecule has 4 rings (SSSR count). The molecular weight excluding hydrogens is 435 g/mol. The number of urea groups is 1. The highest BCUT2D eigenvalue weighted by molar-refractivity contribution is 6.12. The molecule has 6 nitrogen and oxygen atoms in total. The lowest BCUT2D eigenvalue weighted by Crippen LogP contribution is -2.44. The van der Waals surface area contributed by atoms with Crippen molar-refractivity contribution in [1.82, 2.24) is 5.32 Å². The maximum absolute atomic E-state index is 13.3. The van der Waals surface area contributed by atoms with Crippen molar-refractivity contribution in [3.8, 4) is 6.07 Å². The van der Waals surface area contributed by atoms with Crippen molar-refractivity contribution >= 4 is 17.5 Å². The predicted octanol–water partition coefficient (Wildman–Crippen LogP) is 5.61. The number of halogens is 3. The summed E-state index contributed by atoms with van der Waals surface area (Å²) < 4.78 is 44.9. The number of nitriles is 1. The third-order valence-corrected chi connectivity index (χ3v) is 5.21. The van der Waals surface area contributed by atoms with E-state index < -0.39 is 29.6 Å². The number of carbonyl (C=O) groups excluding carboxylic acids is 2. The Morgan fingerprint density at radius 3 is 2.45 bits per heavy atom. The summed E-state index contributed by atoms with van der Waals surface area (Å²) in [7, 11) is 0. The van der Waals surface area contributed by atoms with E-state index >= 15 is 0 Å². The van der Waals surface area contributed by atoms with E-state index in [-0.39, 0.29) is 22.7 Å². The normalized spacial score (nSPS) is 16.4. The number of allylic oxidation sites excluding steroid dienone is 1. The highest BCUT2D eigenvalue weighted by Gasteiger charge is 2.39. The molecule has 2 amide bonds. The molecule has 1 radical (unpaired) electrons. The lowest BCUT2D eigenvalue weighted by atomic mass is 9.90. The number of benzene rings is 2. The van der Waals surface area contributed by atoms with Gasteiger partial charge in [-0.2, -0.15) is 18.4 Å². The largest absolute Gasteiger partial charge is 0.461 e. The number of carbonyl (C=O) groups is 2. The van der Waals surface area contributed by atoms with Crippen LogP contribution in [0.3, 0.4) is 0 Å². The maximum atomic E-state index is 13.3. The molecule has 33 heavy (non-hydrogen) atoms. The van der Waals surface area contributed by atoms with Crippen molar-refractivity contribution in [2.75, 3.05) is 4.90 Å². The van der Waals surface area contributed by atoms with E-state index in [0.29, 0.717) is 11.1 Å². The fourth-order valence-corrected chi connectivity index (χ4v) is 3.63. The number of alkyl halides is 3. The third kappa shape index (κ3) is 4.11. The number of ketones is 1. The molecule has 1 aliphatic rings. The first-order chi connectivity index (χ1) is 15.7. The minimum absolute atomic E-state index is 0.00321. The van der Waals surface area contributed by atoms with Gasteiger partial charge in [-0.1, -0.05) is 18.2 Å². The second kappa shape index (κ2) is 8.31. The van der Waals surface area contributed by atoms with Crippen molar-refractivity contribution in [2.45, 2.75) is 19.1 Å². The quantitative estimate of drug-likeness (QED) is 0.483. The van der Waals surface area contributed by atoms with E-state index in [4.69, 9.17) is 9.68 Å². The number of anilines is 1. The topological polar surface area (TPSA) is 88.4 Å². The lowest BCUT2D eigenvalue weighted by Gasteiger charge is -2.34. The van der Waals surface area contributed by atoms with Crippen molar-refractivity contribution in [2.24, 2.45) is 0 Å². The average molecular weight is 450 g/mol. The molecule has 1 aromatic heterocycles. The average Bonchev–Trinajstić information content (AvgIpc) is 3.33. The molecule has 9 heteroatoms. The van der Waals surface area contributed by atoms with Crippen LogP contribution in [0.15, 0.2) is 82.6 Å². The number of hydrogen-bond acceptors (Lipinski definition) is 4. The Morgan fingerprint density at radius 1 is 1.12 bits per heavy atom. The third-order valence-electron chi connectivity index (χ3n) is 5.21. The Kier molecular flexibility index (Phi) is 5.52. The summed E-state index contributed by atoms with van der Waals surface area (Å²) in [6.45, 7) is 1.47. The van der Waals surface area contributed by atoms with Crippen LogP contribution in [0.25, 0.3) is 0 Å². The van der Waals surface area contributed by atoms with Crippen molar-refractivity contribution in [1.29, 1.82) is 5.26 Å². The summed E-state index contributed by atoms with van der Waals surface area (Å²) in [5, 5.41) is 13.2. The molecule has 1 unspecified atom stereocenters. The Bertz CT molecular complexity index is 1290. The molecule has 3 aromatic rings. The minimum atomic E-state index is -4.61. The van der Waals surface area contributed by atoms with E-state index in [2.05, 4.69) is 5.32 Å². The van der Waals surface area contributed by atoms with E-state index in [9.17, 15) is 22.8 Å². The van der Waals surface area contributed by atoms with Crippen LogP contribution in [-0.2, 0) is 6.18 Å². The number of Topliss-reactive ketones (excluding diaryl/α,β-unsaturated/α-hetero) is 1. The molecule has 1 aliphatic heterocycles. The van der Waals surface area contributed by atoms with Gasteiger partial charge in [0.25, 0.3) is 0 Å². The van der Waals surface area contributed by atoms with Crippen LogP contribution in [0, 0.1) is 11.3 Å². The van der Waals surface area contributed by atoms with E-state index in [0.717, 1.165) is 17.0 Å². The SMILES string of the molecule is CC1=C(C(=O)c2ccco2)C(c2ccc(C#N)cc2)[N]C(=O)N1c1cccc(C(F)(F)F)c1. The number of rotatable bonds is 4. The van der Waals surface area contributed by atoms with Gasteiger partial charge in [0.2, 0.25) is 5.78 Å². The second-order valence-corrected chi connectivity index (χ2v) is 7.24. The second-order valence-electron chi connectivity index (χ2n) is 7.24. The zero-order valence-corrected chi connectivity index (χ0v) is 17.1. The number of furan rings is 1. The monoisotopic (exact) mass is 450 g/mol. The van der Waals surface area contributed by atoms with Gasteiger partial charge in [-0.3, -0.25) is 9.69 Å². The molecular formula is C24H15F3N3O3. The molecule has 0 N–H and O–H groups in total. The van der Waals surface area contributed by atoms with Crippen LogP contribution >= 0.6 is 0 Å². The summed E-state index contributed by atoms with van der Waals surface area (Å²) in [4.78, 5) is 27.3. The molecule has 0 spiro atoms. The molecule has 0 bridgehead atoms. The van der Waals surface area contributed by atoms with Gasteiger partial charge >= 0.3 is 12.2 Å². The van der Waals surface area contributed by atoms with Crippen molar-refractivity contribution in [3.63, 3.8) is 0 Å². The van der Waals surface area contributed by atoms with Crippen LogP contribution in [0.1, 0.15) is 40.2 Å². The van der Waals surface area contributed by atoms with Crippen molar-refractivity contribution in [3.05, 3.63) is 101 Å². The van der Waals surface area contributed by atoms with Crippen LogP contribution in [0.4, 0.5) is 23.7 Å². The zero-order valence-electron chi connectivity index (χ0n) is 17.1. The molecule has 165 valence electrons. The van der Waals surface area contributed by atoms with Gasteiger partial charge in [0, 0.05) is 5.70 Å². The van der Waals surface area contributed by atoms with Crippen LogP contribution in [-0.4, -0.2) is 11.8 Å². The first-order valence-electron chi connectivity index (χ1n) is 9.72. The predicted molar refractivity (Wildman–Crippen MR) is 111 cm³/mol. The summed E-state index contributed by atoms with van der Waals surface area (Å²) in [5.74, 6) is -0.559. The highest BCUT2D eigenvalue weighted by atomic mass is 19.4. The van der Waals surface area contributed by atoms with Crippen LogP contribution in [0.2, 0.25) is 0 Å². The Labute approximate surface area is 186 Å². The van der Waals surface area contributed by atoms with Gasteiger partial charge in [-0.05, 0) is 55.0 Å². The molecule has 0 aliphatic carbocycles. The van der Waals surface area contributed by atoms with E-state index in [1.165, 1.54) is 49.6 Å². The van der Waals surface area contributed by atoms with Gasteiger partial charge in [-0.15, -0.1) is 0 Å². The van der Waals surface area contributed by atoms with Gasteiger partial charge in [0.15, 0.2) is 5.76 Å². The maximum Gasteiger partial charge on any atom is 0.416 e. The molecule has 0 fully saturated rings. The van der Waals surface area contributed by atoms with Gasteiger partial charge in [-0.25, -0.2) is 10.1 Å². The smallest absolute Gasteiger partial charge is 0.416 e. The van der Waals surface area contributed by atoms with E-state index in [1.54, 1.807) is 12.1 Å². The summed E-state index contributed by atoms with van der Waals surface area (Å²) >= 11 is 0. The fraction of sp³-hybridized carbons (Fsp3) is 0.125. The van der Waals surface area contributed by atoms with Crippen LogP contribution < -0.4 is 10.2 Å². The molecule has 0 saturated heterocycles. The number of hydrogen-bond donors (Lipinski definition) is 0. The number of amides is 2. The lowest BCUT2D eigenvalue weighted by molar-refractivity contribution is -0.137. The highest BCUT2D eigenvalue weighted by Crippen LogP contribution is 2.38. The molecule has 2 aromatic carbocycles. The molecule has 1 atom stereocenters. The van der Waals surface area contributed by atoms with Gasteiger partial charge in [0.05, 0.1) is 34.7 Å². The minimum Gasteiger partial charge on any atom is -0.461 e. The Morgan fingerprint density at radius 2 is 1.85 bits per heavy atom. The summed E-state index contributed by atoms with van der Waals surface area (Å²) in [6, 6.07) is 13.5. The number of nitrogens with zero attached hydrogens (tertiary/aromatic N) is 3. The Balaban J connectivity index is 1.87. The fourth-order valence-electron chi connectivity index (χ4n) is 3.63. The van der Waals surface area contributed by atoms with Crippen LogP contribution in [0.5, 0.6) is 0 Å². The summed E-state index contributed by atoms with van der Waals surface area (Å²) in [6.07, 6.45) is -3.29. The first-order valence-corrected chi connectivity index (χ1v) is 9.72.